The molecule has 0 amide bonds. The Morgan fingerprint density at radius 2 is 1.43 bits per heavy atom. The van der Waals surface area contributed by atoms with Gasteiger partial charge in [0.2, 0.25) is 0 Å². The number of fused-ring (bicyclic) bond motifs is 1. The quantitative estimate of drug-likeness (QED) is 0.581. The molecule has 0 nitrogen and oxygen atoms in total. The standard InChI is InChI=1S/C20H23Cl/c1-13-10-16-17(20(4,5)12-19(16,2)3)11-15(13)14-8-6-7-9-18(14)21/h6-11H,12H2,1-5H3. The van der Waals surface area contributed by atoms with Gasteiger partial charge in [-0.2, -0.15) is 0 Å². The number of halogens is 1. The van der Waals surface area contributed by atoms with E-state index >= 15 is 0 Å². The maximum absolute atomic E-state index is 6.41. The SMILES string of the molecule is Cc1cc2c(cc1-c1ccccc1Cl)C(C)(C)CC2(C)C. The van der Waals surface area contributed by atoms with Gasteiger partial charge in [0, 0.05) is 10.6 Å². The van der Waals surface area contributed by atoms with Gasteiger partial charge in [0.15, 0.2) is 0 Å². The lowest BCUT2D eigenvalue weighted by Gasteiger charge is -2.22. The lowest BCUT2D eigenvalue weighted by Crippen LogP contribution is -2.17. The second-order valence-electron chi connectivity index (χ2n) is 7.64. The molecule has 0 N–H and O–H groups in total. The van der Waals surface area contributed by atoms with Gasteiger partial charge < -0.3 is 0 Å². The molecule has 21 heavy (non-hydrogen) atoms. The summed E-state index contributed by atoms with van der Waals surface area (Å²) in [5, 5.41) is 0.829. The molecule has 3 rings (SSSR count). The van der Waals surface area contributed by atoms with E-state index in [-0.39, 0.29) is 10.8 Å². The van der Waals surface area contributed by atoms with Crippen molar-refractivity contribution in [1.29, 1.82) is 0 Å². The Hall–Kier alpha value is -1.27. The van der Waals surface area contributed by atoms with E-state index in [0.29, 0.717) is 0 Å². The number of hydrogen-bond donors (Lipinski definition) is 0. The molecule has 1 aliphatic rings. The van der Waals surface area contributed by atoms with Crippen LogP contribution in [0.25, 0.3) is 11.1 Å². The van der Waals surface area contributed by atoms with Gasteiger partial charge in [-0.05, 0) is 58.6 Å². The summed E-state index contributed by atoms with van der Waals surface area (Å²) >= 11 is 6.41. The summed E-state index contributed by atoms with van der Waals surface area (Å²) in [5.41, 5.74) is 7.18. The predicted octanol–water partition coefficient (Wildman–Crippen LogP) is 6.27. The van der Waals surface area contributed by atoms with E-state index in [1.54, 1.807) is 0 Å². The van der Waals surface area contributed by atoms with Crippen molar-refractivity contribution in [3.05, 3.63) is 58.1 Å². The molecule has 0 saturated carbocycles. The van der Waals surface area contributed by atoms with Crippen molar-refractivity contribution in [3.8, 4) is 11.1 Å². The van der Waals surface area contributed by atoms with Gasteiger partial charge in [0.1, 0.15) is 0 Å². The molecular weight excluding hydrogens is 276 g/mol. The molecule has 2 aromatic rings. The molecule has 0 heterocycles. The van der Waals surface area contributed by atoms with Crippen molar-refractivity contribution in [1.82, 2.24) is 0 Å². The lowest BCUT2D eigenvalue weighted by molar-refractivity contribution is 0.403. The Bertz CT molecular complexity index is 708. The molecule has 0 aromatic heterocycles. The average Bonchev–Trinajstić information content (AvgIpc) is 2.55. The fraction of sp³-hybridized carbons (Fsp3) is 0.400. The van der Waals surface area contributed by atoms with E-state index in [1.165, 1.54) is 28.7 Å². The lowest BCUT2D eigenvalue weighted by atomic mass is 9.82. The Labute approximate surface area is 133 Å². The second-order valence-corrected chi connectivity index (χ2v) is 8.04. The van der Waals surface area contributed by atoms with Crippen molar-refractivity contribution in [2.75, 3.05) is 0 Å². The zero-order valence-electron chi connectivity index (χ0n) is 13.5. The number of rotatable bonds is 1. The third-order valence-electron chi connectivity index (χ3n) is 4.87. The summed E-state index contributed by atoms with van der Waals surface area (Å²) in [5.74, 6) is 0. The van der Waals surface area contributed by atoms with Crippen LogP contribution < -0.4 is 0 Å². The molecular formula is C20H23Cl. The highest BCUT2D eigenvalue weighted by atomic mass is 35.5. The van der Waals surface area contributed by atoms with Crippen molar-refractivity contribution < 1.29 is 0 Å². The average molecular weight is 299 g/mol. The van der Waals surface area contributed by atoms with Crippen molar-refractivity contribution in [3.63, 3.8) is 0 Å². The zero-order chi connectivity index (χ0) is 15.4. The van der Waals surface area contributed by atoms with Crippen LogP contribution in [-0.2, 0) is 10.8 Å². The molecule has 1 heteroatoms. The zero-order valence-corrected chi connectivity index (χ0v) is 14.3. The highest BCUT2D eigenvalue weighted by molar-refractivity contribution is 6.33. The largest absolute Gasteiger partial charge is 0.0837 e. The molecule has 0 atom stereocenters. The molecule has 0 fully saturated rings. The van der Waals surface area contributed by atoms with Crippen LogP contribution in [0.3, 0.4) is 0 Å². The monoisotopic (exact) mass is 298 g/mol. The van der Waals surface area contributed by atoms with Crippen molar-refractivity contribution in [2.24, 2.45) is 0 Å². The van der Waals surface area contributed by atoms with Gasteiger partial charge in [0.25, 0.3) is 0 Å². The topological polar surface area (TPSA) is 0 Å². The highest BCUT2D eigenvalue weighted by Gasteiger charge is 2.42. The molecule has 0 radical (unpaired) electrons. The van der Waals surface area contributed by atoms with E-state index in [2.05, 4.69) is 58.9 Å². The Morgan fingerprint density at radius 3 is 2.05 bits per heavy atom. The summed E-state index contributed by atoms with van der Waals surface area (Å²) in [4.78, 5) is 0. The molecule has 0 unspecified atom stereocenters. The summed E-state index contributed by atoms with van der Waals surface area (Å²) < 4.78 is 0. The minimum absolute atomic E-state index is 0.225. The summed E-state index contributed by atoms with van der Waals surface area (Å²) in [7, 11) is 0. The summed E-state index contributed by atoms with van der Waals surface area (Å²) in [6, 6.07) is 12.9. The van der Waals surface area contributed by atoms with Crippen LogP contribution in [0.1, 0.15) is 50.8 Å². The first kappa shape index (κ1) is 14.7. The van der Waals surface area contributed by atoms with Crippen LogP contribution in [0.2, 0.25) is 5.02 Å². The van der Waals surface area contributed by atoms with E-state index in [0.717, 1.165) is 10.6 Å². The highest BCUT2D eigenvalue weighted by Crippen LogP contribution is 2.51. The fourth-order valence-electron chi connectivity index (χ4n) is 4.09. The maximum atomic E-state index is 6.41. The maximum Gasteiger partial charge on any atom is 0.0484 e. The normalized spacial score (nSPS) is 18.6. The second kappa shape index (κ2) is 4.61. The van der Waals surface area contributed by atoms with Gasteiger partial charge in [-0.25, -0.2) is 0 Å². The van der Waals surface area contributed by atoms with Crippen LogP contribution in [-0.4, -0.2) is 0 Å². The smallest absolute Gasteiger partial charge is 0.0484 e. The van der Waals surface area contributed by atoms with Gasteiger partial charge in [-0.15, -0.1) is 0 Å². The van der Waals surface area contributed by atoms with E-state index in [9.17, 15) is 0 Å². The van der Waals surface area contributed by atoms with E-state index in [4.69, 9.17) is 11.6 Å². The molecule has 0 spiro atoms. The van der Waals surface area contributed by atoms with Crippen LogP contribution in [0.5, 0.6) is 0 Å². The van der Waals surface area contributed by atoms with Crippen molar-refractivity contribution in [2.45, 2.75) is 51.9 Å². The summed E-state index contributed by atoms with van der Waals surface area (Å²) in [6.07, 6.45) is 1.20. The van der Waals surface area contributed by atoms with E-state index < -0.39 is 0 Å². The Kier molecular flexibility index (Phi) is 3.22. The first-order valence-electron chi connectivity index (χ1n) is 7.63. The van der Waals surface area contributed by atoms with Gasteiger partial charge in [-0.1, -0.05) is 63.6 Å². The number of hydrogen-bond acceptors (Lipinski definition) is 0. The number of aryl methyl sites for hydroxylation is 1. The Balaban J connectivity index is 2.26. The minimum atomic E-state index is 0.225. The number of benzene rings is 2. The molecule has 0 bridgehead atoms. The minimum Gasteiger partial charge on any atom is -0.0837 e. The molecule has 1 aliphatic carbocycles. The first-order valence-corrected chi connectivity index (χ1v) is 8.01. The first-order chi connectivity index (χ1) is 9.72. The van der Waals surface area contributed by atoms with Gasteiger partial charge >= 0.3 is 0 Å². The van der Waals surface area contributed by atoms with Crippen LogP contribution in [0.15, 0.2) is 36.4 Å². The van der Waals surface area contributed by atoms with Crippen LogP contribution >= 0.6 is 11.6 Å². The van der Waals surface area contributed by atoms with Crippen LogP contribution in [0, 0.1) is 6.92 Å². The van der Waals surface area contributed by atoms with Gasteiger partial charge in [0.05, 0.1) is 0 Å². The summed E-state index contributed by atoms with van der Waals surface area (Å²) in [6.45, 7) is 11.6. The Morgan fingerprint density at radius 1 is 0.857 bits per heavy atom. The molecule has 2 aromatic carbocycles. The van der Waals surface area contributed by atoms with Crippen LogP contribution in [0.4, 0.5) is 0 Å². The molecule has 0 aliphatic heterocycles. The third-order valence-corrected chi connectivity index (χ3v) is 5.20. The van der Waals surface area contributed by atoms with Crippen molar-refractivity contribution >= 4 is 11.6 Å². The van der Waals surface area contributed by atoms with E-state index in [1.807, 2.05) is 12.1 Å². The molecule has 0 saturated heterocycles. The third kappa shape index (κ3) is 2.30. The fourth-order valence-corrected chi connectivity index (χ4v) is 4.33. The van der Waals surface area contributed by atoms with Gasteiger partial charge in [-0.3, -0.25) is 0 Å². The molecule has 110 valence electrons. The predicted molar refractivity (Wildman–Crippen MR) is 92.3 cm³/mol.